The van der Waals surface area contributed by atoms with Crippen LogP contribution in [0, 0.1) is 4.91 Å². The zero-order valence-corrected chi connectivity index (χ0v) is 10.8. The standard InChI is InChI=1S/C12H11NO2S2/c1-15-10-2-4-11(5-3-10)17-12(13-14)9-6-7-16-8-9/h2-8,12H,1H3. The summed E-state index contributed by atoms with van der Waals surface area (Å²) in [7, 11) is 1.63. The van der Waals surface area contributed by atoms with Crippen LogP contribution < -0.4 is 4.74 Å². The number of hydrogen-bond donors (Lipinski definition) is 0. The van der Waals surface area contributed by atoms with Gasteiger partial charge in [-0.1, -0.05) is 16.9 Å². The van der Waals surface area contributed by atoms with Crippen LogP contribution in [0.3, 0.4) is 0 Å². The van der Waals surface area contributed by atoms with Gasteiger partial charge < -0.3 is 4.74 Å². The summed E-state index contributed by atoms with van der Waals surface area (Å²) in [6.07, 6.45) is 0. The van der Waals surface area contributed by atoms with E-state index in [0.717, 1.165) is 16.2 Å². The lowest BCUT2D eigenvalue weighted by Crippen LogP contribution is -1.87. The summed E-state index contributed by atoms with van der Waals surface area (Å²) in [4.78, 5) is 11.8. The first kappa shape index (κ1) is 12.1. The molecule has 0 amide bonds. The molecule has 0 spiro atoms. The lowest BCUT2D eigenvalue weighted by Gasteiger charge is -2.07. The van der Waals surface area contributed by atoms with Crippen LogP contribution in [0.2, 0.25) is 0 Å². The topological polar surface area (TPSA) is 38.7 Å². The van der Waals surface area contributed by atoms with Gasteiger partial charge in [0, 0.05) is 10.5 Å². The number of methoxy groups -OCH3 is 1. The van der Waals surface area contributed by atoms with Crippen molar-refractivity contribution < 1.29 is 4.74 Å². The number of nitrogens with zero attached hydrogens (tertiary/aromatic N) is 1. The molecule has 1 atom stereocenters. The van der Waals surface area contributed by atoms with Gasteiger partial charge in [0.15, 0.2) is 5.37 Å². The minimum absolute atomic E-state index is 0.380. The molecule has 0 aliphatic rings. The fourth-order valence-corrected chi connectivity index (χ4v) is 2.99. The third-order valence-corrected chi connectivity index (χ3v) is 4.06. The molecule has 0 radical (unpaired) electrons. The molecule has 0 aliphatic heterocycles. The van der Waals surface area contributed by atoms with Crippen molar-refractivity contribution in [2.75, 3.05) is 7.11 Å². The van der Waals surface area contributed by atoms with E-state index in [-0.39, 0.29) is 5.37 Å². The molecule has 2 aromatic rings. The lowest BCUT2D eigenvalue weighted by molar-refractivity contribution is 0.414. The summed E-state index contributed by atoms with van der Waals surface area (Å²) in [5, 5.41) is 6.67. The second-order valence-electron chi connectivity index (χ2n) is 3.31. The molecule has 1 aromatic carbocycles. The van der Waals surface area contributed by atoms with E-state index in [1.165, 1.54) is 11.8 Å². The number of ether oxygens (including phenoxy) is 1. The van der Waals surface area contributed by atoms with Gasteiger partial charge in [0.25, 0.3) is 0 Å². The fraction of sp³-hybridized carbons (Fsp3) is 0.167. The monoisotopic (exact) mass is 265 g/mol. The van der Waals surface area contributed by atoms with Gasteiger partial charge in [0.1, 0.15) is 5.75 Å². The largest absolute Gasteiger partial charge is 0.497 e. The highest BCUT2D eigenvalue weighted by Gasteiger charge is 2.13. The van der Waals surface area contributed by atoms with Gasteiger partial charge in [-0.2, -0.15) is 11.3 Å². The molecule has 88 valence electrons. The van der Waals surface area contributed by atoms with Gasteiger partial charge in [-0.15, -0.1) is 4.91 Å². The Bertz CT molecular complexity index is 468. The van der Waals surface area contributed by atoms with E-state index in [1.54, 1.807) is 18.4 Å². The van der Waals surface area contributed by atoms with Crippen LogP contribution in [0.15, 0.2) is 51.2 Å². The smallest absolute Gasteiger partial charge is 0.168 e. The molecule has 0 bridgehead atoms. The van der Waals surface area contributed by atoms with Crippen molar-refractivity contribution in [1.82, 2.24) is 0 Å². The van der Waals surface area contributed by atoms with Crippen molar-refractivity contribution in [2.24, 2.45) is 5.18 Å². The van der Waals surface area contributed by atoms with E-state index in [2.05, 4.69) is 5.18 Å². The van der Waals surface area contributed by atoms with Crippen molar-refractivity contribution in [3.05, 3.63) is 51.6 Å². The Balaban J connectivity index is 2.10. The van der Waals surface area contributed by atoms with Gasteiger partial charge in [-0.05, 0) is 41.1 Å². The van der Waals surface area contributed by atoms with Crippen LogP contribution >= 0.6 is 23.1 Å². The van der Waals surface area contributed by atoms with E-state index in [1.807, 2.05) is 41.1 Å². The molecule has 0 saturated carbocycles. The Hall–Kier alpha value is -1.33. The minimum Gasteiger partial charge on any atom is -0.497 e. The average molecular weight is 265 g/mol. The van der Waals surface area contributed by atoms with Crippen molar-refractivity contribution in [3.8, 4) is 5.75 Å². The molecule has 0 fully saturated rings. The minimum atomic E-state index is -0.380. The summed E-state index contributed by atoms with van der Waals surface area (Å²) in [6.45, 7) is 0. The first-order chi connectivity index (χ1) is 8.33. The van der Waals surface area contributed by atoms with Crippen molar-refractivity contribution >= 4 is 23.1 Å². The van der Waals surface area contributed by atoms with Gasteiger partial charge >= 0.3 is 0 Å². The molecular weight excluding hydrogens is 254 g/mol. The number of thioether (sulfide) groups is 1. The molecule has 2 rings (SSSR count). The lowest BCUT2D eigenvalue weighted by atomic mass is 10.3. The van der Waals surface area contributed by atoms with Crippen molar-refractivity contribution in [1.29, 1.82) is 0 Å². The second-order valence-corrected chi connectivity index (χ2v) is 5.24. The van der Waals surface area contributed by atoms with Crippen LogP contribution in [0.25, 0.3) is 0 Å². The van der Waals surface area contributed by atoms with E-state index in [4.69, 9.17) is 4.74 Å². The van der Waals surface area contributed by atoms with Crippen LogP contribution in [-0.4, -0.2) is 7.11 Å². The first-order valence-corrected chi connectivity index (χ1v) is 6.81. The summed E-state index contributed by atoms with van der Waals surface area (Å²) in [6, 6.07) is 9.52. The number of benzene rings is 1. The molecule has 3 nitrogen and oxygen atoms in total. The third-order valence-electron chi connectivity index (χ3n) is 2.23. The zero-order chi connectivity index (χ0) is 12.1. The molecule has 0 saturated heterocycles. The van der Waals surface area contributed by atoms with Crippen molar-refractivity contribution in [3.63, 3.8) is 0 Å². The number of hydrogen-bond acceptors (Lipinski definition) is 5. The van der Waals surface area contributed by atoms with Crippen LogP contribution in [0.5, 0.6) is 5.75 Å². The maximum atomic E-state index is 10.8. The van der Waals surface area contributed by atoms with Crippen LogP contribution in [0.4, 0.5) is 0 Å². The Labute approximate surface area is 108 Å². The van der Waals surface area contributed by atoms with E-state index < -0.39 is 0 Å². The van der Waals surface area contributed by atoms with Crippen LogP contribution in [0.1, 0.15) is 10.9 Å². The Morgan fingerprint density at radius 1 is 1.29 bits per heavy atom. The van der Waals surface area contributed by atoms with Crippen molar-refractivity contribution in [2.45, 2.75) is 10.3 Å². The number of rotatable bonds is 5. The molecule has 1 aromatic heterocycles. The van der Waals surface area contributed by atoms with Gasteiger partial charge in [-0.3, -0.25) is 0 Å². The van der Waals surface area contributed by atoms with Gasteiger partial charge in [-0.25, -0.2) is 0 Å². The van der Waals surface area contributed by atoms with E-state index in [0.29, 0.717) is 0 Å². The Morgan fingerprint density at radius 3 is 2.59 bits per heavy atom. The molecule has 17 heavy (non-hydrogen) atoms. The highest BCUT2D eigenvalue weighted by molar-refractivity contribution is 7.99. The summed E-state index contributed by atoms with van der Waals surface area (Å²) in [5.74, 6) is 0.806. The van der Waals surface area contributed by atoms with Crippen LogP contribution in [-0.2, 0) is 0 Å². The fourth-order valence-electron chi connectivity index (χ4n) is 1.35. The highest BCUT2D eigenvalue weighted by atomic mass is 32.2. The summed E-state index contributed by atoms with van der Waals surface area (Å²) in [5.41, 5.74) is 0.950. The normalized spacial score (nSPS) is 12.1. The molecule has 1 heterocycles. The molecule has 1 unspecified atom stereocenters. The maximum absolute atomic E-state index is 10.8. The Morgan fingerprint density at radius 2 is 2.06 bits per heavy atom. The third kappa shape index (κ3) is 3.08. The number of nitroso groups, excluding NO2 is 1. The van der Waals surface area contributed by atoms with E-state index in [9.17, 15) is 4.91 Å². The van der Waals surface area contributed by atoms with Gasteiger partial charge in [0.05, 0.1) is 7.11 Å². The highest BCUT2D eigenvalue weighted by Crippen LogP contribution is 2.37. The summed E-state index contributed by atoms with van der Waals surface area (Å²) >= 11 is 3.01. The molecule has 0 aliphatic carbocycles. The SMILES string of the molecule is COc1ccc(SC(N=O)c2ccsc2)cc1. The Kier molecular flexibility index (Phi) is 4.17. The maximum Gasteiger partial charge on any atom is 0.168 e. The summed E-state index contributed by atoms with van der Waals surface area (Å²) < 4.78 is 5.08. The first-order valence-electron chi connectivity index (χ1n) is 4.99. The predicted molar refractivity (Wildman–Crippen MR) is 71.7 cm³/mol. The predicted octanol–water partition coefficient (Wildman–Crippen LogP) is 4.31. The molecule has 0 N–H and O–H groups in total. The van der Waals surface area contributed by atoms with Gasteiger partial charge in [0.2, 0.25) is 0 Å². The molecular formula is C12H11NO2S2. The van der Waals surface area contributed by atoms with E-state index >= 15 is 0 Å². The number of thiophene rings is 1. The zero-order valence-electron chi connectivity index (χ0n) is 9.20. The molecule has 5 heteroatoms. The quantitative estimate of drug-likeness (QED) is 0.597. The average Bonchev–Trinajstić information content (AvgIpc) is 2.90. The second kappa shape index (κ2) is 5.84.